The molecule has 8 nitrogen and oxygen atoms in total. The van der Waals surface area contributed by atoms with Crippen molar-refractivity contribution in [1.82, 2.24) is 21.3 Å². The second-order valence-corrected chi connectivity index (χ2v) is 19.2. The number of hydrogen-bond donors (Lipinski definition) is 8. The predicted molar refractivity (Wildman–Crippen MR) is 294 cm³/mol. The summed E-state index contributed by atoms with van der Waals surface area (Å²) in [4.78, 5) is 0. The van der Waals surface area contributed by atoms with Crippen molar-refractivity contribution in [3.8, 4) is 67.5 Å². The van der Waals surface area contributed by atoms with E-state index in [4.69, 9.17) is 0 Å². The van der Waals surface area contributed by atoms with Crippen molar-refractivity contribution < 1.29 is 42.1 Å². The Kier molecular flexibility index (Phi) is 19.1. The number of para-hydroxylation sites is 4. The van der Waals surface area contributed by atoms with Gasteiger partial charge in [-0.15, -0.1) is 0 Å². The van der Waals surface area contributed by atoms with Crippen LogP contribution >= 0.6 is 0 Å². The SMILES string of the molecule is Oc1c(CN[C@@H]2CCCC[C@H]2NCc2cccc(-c3ccccc3)c2O)cccc1-c1ccccc1.Oc1c(CN[C@@H]2CCCC[C@H]2NCc2cccc(-c3ccccc3)c2O)cccc1-c1ccccc1.[Ti]. The Morgan fingerprint density at radius 1 is 0.274 bits per heavy atom. The molecule has 2 saturated carbocycles. The Hall–Kier alpha value is -6.49. The van der Waals surface area contributed by atoms with Gasteiger partial charge in [-0.25, -0.2) is 0 Å². The van der Waals surface area contributed by atoms with E-state index >= 15 is 0 Å². The van der Waals surface area contributed by atoms with Crippen molar-refractivity contribution in [3.05, 3.63) is 216 Å². The van der Waals surface area contributed by atoms with Crippen LogP contribution in [-0.2, 0) is 47.9 Å². The number of rotatable bonds is 16. The standard InChI is InChI=1S/2C32H34N2O2.Ti/c2*35-31-25(15-9-17-27(31)23-11-3-1-4-12-23)21-33-29-19-7-8-20-30(29)34-22-26-16-10-18-28(32(26)36)24-13-5-2-6-14-24;/h2*1-6,9-18,29-30,33-36H,7-8,19-22H2;/t2*29-,30-;/m11./s1. The summed E-state index contributed by atoms with van der Waals surface area (Å²) in [6.45, 7) is 2.46. The van der Waals surface area contributed by atoms with E-state index in [2.05, 4.69) is 21.3 Å². The molecule has 0 bridgehead atoms. The first kappa shape index (κ1) is 52.8. The summed E-state index contributed by atoms with van der Waals surface area (Å²) < 4.78 is 0. The molecule has 2 aliphatic rings. The first-order valence-corrected chi connectivity index (χ1v) is 25.8. The van der Waals surface area contributed by atoms with Crippen LogP contribution < -0.4 is 21.3 Å². The second kappa shape index (κ2) is 26.5. The van der Waals surface area contributed by atoms with E-state index in [1.165, 1.54) is 25.7 Å². The van der Waals surface area contributed by atoms with Gasteiger partial charge in [0.15, 0.2) is 0 Å². The summed E-state index contributed by atoms with van der Waals surface area (Å²) >= 11 is 0. The number of aromatic hydroxyl groups is 4. The smallest absolute Gasteiger partial charge is 0.127 e. The Bertz CT molecular complexity index is 2560. The number of phenolic OH excluding ortho intramolecular Hbond substituents is 4. The quantitative estimate of drug-likeness (QED) is 0.0450. The maximum absolute atomic E-state index is 11.0. The average Bonchev–Trinajstić information content (AvgIpc) is 3.43. The van der Waals surface area contributed by atoms with Gasteiger partial charge in [-0.05, 0) is 47.9 Å². The monoisotopic (exact) mass is 1000 g/mol. The topological polar surface area (TPSA) is 129 Å². The summed E-state index contributed by atoms with van der Waals surface area (Å²) in [5, 5.41) is 58.7. The second-order valence-electron chi connectivity index (χ2n) is 19.2. The molecule has 0 unspecified atom stereocenters. The number of phenols is 4. The molecule has 0 radical (unpaired) electrons. The molecule has 372 valence electrons. The predicted octanol–water partition coefficient (Wildman–Crippen LogP) is 13.2. The van der Waals surface area contributed by atoms with E-state index in [0.717, 1.165) is 92.4 Å². The summed E-state index contributed by atoms with van der Waals surface area (Å²) in [6.07, 6.45) is 9.14. The average molecular weight is 1010 g/mol. The molecule has 8 aromatic carbocycles. The van der Waals surface area contributed by atoms with Crippen LogP contribution in [0.5, 0.6) is 23.0 Å². The van der Waals surface area contributed by atoms with Gasteiger partial charge in [-0.2, -0.15) is 0 Å². The molecule has 0 saturated heterocycles. The molecule has 73 heavy (non-hydrogen) atoms. The summed E-state index contributed by atoms with van der Waals surface area (Å²) in [5.74, 6) is 1.39. The maximum atomic E-state index is 11.0. The molecule has 0 aromatic heterocycles. The zero-order valence-electron chi connectivity index (χ0n) is 41.6. The minimum Gasteiger partial charge on any atom is -0.507 e. The van der Waals surface area contributed by atoms with E-state index in [0.29, 0.717) is 73.3 Å². The molecular weight excluding hydrogens is 937 g/mol. The van der Waals surface area contributed by atoms with Gasteiger partial charge in [0.05, 0.1) is 0 Å². The maximum Gasteiger partial charge on any atom is 0.127 e. The van der Waals surface area contributed by atoms with Crippen LogP contribution in [0.1, 0.15) is 73.6 Å². The van der Waals surface area contributed by atoms with E-state index in [1.807, 2.05) is 194 Å². The van der Waals surface area contributed by atoms with Crippen LogP contribution in [0.3, 0.4) is 0 Å². The van der Waals surface area contributed by atoms with Gasteiger partial charge >= 0.3 is 0 Å². The molecule has 0 heterocycles. The molecule has 10 rings (SSSR count). The third-order valence-corrected chi connectivity index (χ3v) is 14.6. The first-order valence-electron chi connectivity index (χ1n) is 25.8. The van der Waals surface area contributed by atoms with Crippen molar-refractivity contribution >= 4 is 0 Å². The molecule has 9 heteroatoms. The molecule has 4 atom stereocenters. The third kappa shape index (κ3) is 13.6. The zero-order valence-corrected chi connectivity index (χ0v) is 43.1. The summed E-state index contributed by atoms with van der Waals surface area (Å²) in [6, 6.07) is 65.2. The molecule has 0 aliphatic heterocycles. The Balaban J connectivity index is 0.000000192. The minimum absolute atomic E-state index is 0. The van der Waals surface area contributed by atoms with Crippen molar-refractivity contribution in [3.63, 3.8) is 0 Å². The fourth-order valence-electron chi connectivity index (χ4n) is 10.5. The number of nitrogens with one attached hydrogen (secondary N) is 4. The van der Waals surface area contributed by atoms with Crippen LogP contribution in [0, 0.1) is 0 Å². The largest absolute Gasteiger partial charge is 0.507 e. The molecular formula is C64H68N4O4Ti. The van der Waals surface area contributed by atoms with Crippen LogP contribution in [0.2, 0.25) is 0 Å². The number of benzene rings is 8. The molecule has 2 aliphatic carbocycles. The van der Waals surface area contributed by atoms with Crippen LogP contribution in [-0.4, -0.2) is 44.6 Å². The molecule has 0 spiro atoms. The van der Waals surface area contributed by atoms with Crippen molar-refractivity contribution in [2.24, 2.45) is 0 Å². The van der Waals surface area contributed by atoms with Gasteiger partial charge in [0.1, 0.15) is 23.0 Å². The van der Waals surface area contributed by atoms with E-state index in [-0.39, 0.29) is 21.7 Å². The van der Waals surface area contributed by atoms with E-state index in [9.17, 15) is 20.4 Å². The normalized spacial score (nSPS) is 17.4. The van der Waals surface area contributed by atoms with E-state index in [1.54, 1.807) is 0 Å². The minimum atomic E-state index is 0. The Morgan fingerprint density at radius 3 is 0.685 bits per heavy atom. The molecule has 8 N–H and O–H groups in total. The van der Waals surface area contributed by atoms with Gasteiger partial charge < -0.3 is 41.7 Å². The van der Waals surface area contributed by atoms with Gasteiger partial charge in [0, 0.05) is 117 Å². The summed E-state index contributed by atoms with van der Waals surface area (Å²) in [7, 11) is 0. The molecule has 8 aromatic rings. The zero-order chi connectivity index (χ0) is 49.5. The number of hydrogen-bond acceptors (Lipinski definition) is 8. The fraction of sp³-hybridized carbons (Fsp3) is 0.250. The van der Waals surface area contributed by atoms with Crippen molar-refractivity contribution in [1.29, 1.82) is 0 Å². The first-order chi connectivity index (χ1) is 35.4. The van der Waals surface area contributed by atoms with Crippen molar-refractivity contribution in [2.45, 2.75) is 102 Å². The van der Waals surface area contributed by atoms with Gasteiger partial charge in [0.25, 0.3) is 0 Å². The van der Waals surface area contributed by atoms with Gasteiger partial charge in [-0.1, -0.05) is 220 Å². The van der Waals surface area contributed by atoms with Crippen LogP contribution in [0.4, 0.5) is 0 Å². The van der Waals surface area contributed by atoms with Crippen LogP contribution in [0.15, 0.2) is 194 Å². The van der Waals surface area contributed by atoms with Gasteiger partial charge in [0.2, 0.25) is 0 Å². The molecule has 0 amide bonds. The molecule has 2 fully saturated rings. The Labute approximate surface area is 446 Å². The van der Waals surface area contributed by atoms with Crippen LogP contribution in [0.25, 0.3) is 44.5 Å². The fourth-order valence-corrected chi connectivity index (χ4v) is 10.5. The van der Waals surface area contributed by atoms with E-state index < -0.39 is 0 Å². The Morgan fingerprint density at radius 2 is 0.479 bits per heavy atom. The van der Waals surface area contributed by atoms with Crippen molar-refractivity contribution in [2.75, 3.05) is 0 Å². The third-order valence-electron chi connectivity index (χ3n) is 14.6. The van der Waals surface area contributed by atoms with Gasteiger partial charge in [-0.3, -0.25) is 0 Å². The summed E-state index contributed by atoms with van der Waals surface area (Å²) in [5.41, 5.74) is 11.2.